The fourth-order valence-electron chi connectivity index (χ4n) is 8.82. The SMILES string of the molecule is CC(C)(C)OC(=O)Nc1cc(Cl)c(C(F)(F)F)c(-c2nc(C3CC3)c3c([C@@H]4[C@H]5CN(C(=O)OC(C)(C)C)[C@H](C(=O)OC6CC6)[C@H]54)c(CO[Si](C)(C)C(C)(C)C)n(C4CC4)c3c2F)c1. The number of carbonyl (C=O) groups is 3. The van der Waals surface area contributed by atoms with Crippen LogP contribution in [0.2, 0.25) is 23.2 Å². The molecule has 1 aromatic carbocycles. The number of hydrogen-bond acceptors (Lipinski definition) is 8. The average molecular weight is 920 g/mol. The van der Waals surface area contributed by atoms with Gasteiger partial charge < -0.3 is 23.2 Å². The van der Waals surface area contributed by atoms with E-state index in [2.05, 4.69) is 39.2 Å². The highest BCUT2D eigenvalue weighted by atomic mass is 35.5. The maximum Gasteiger partial charge on any atom is 0.418 e. The molecule has 11 nitrogen and oxygen atoms in total. The van der Waals surface area contributed by atoms with E-state index < -0.39 is 83.5 Å². The van der Waals surface area contributed by atoms with Gasteiger partial charge in [-0.3, -0.25) is 10.2 Å². The molecule has 0 bridgehead atoms. The lowest BCUT2D eigenvalue weighted by Gasteiger charge is -2.36. The third kappa shape index (κ3) is 9.06. The summed E-state index contributed by atoms with van der Waals surface area (Å²) in [5.41, 5.74) is -2.22. The molecule has 63 heavy (non-hydrogen) atoms. The van der Waals surface area contributed by atoms with Crippen LogP contribution in [0.15, 0.2) is 12.1 Å². The number of pyridine rings is 1. The summed E-state index contributed by atoms with van der Waals surface area (Å²) in [4.78, 5) is 47.0. The first-order valence-corrected chi connectivity index (χ1v) is 25.4. The second-order valence-corrected chi connectivity index (χ2v) is 26.9. The van der Waals surface area contributed by atoms with Gasteiger partial charge in [-0.1, -0.05) is 32.4 Å². The molecule has 17 heteroatoms. The van der Waals surface area contributed by atoms with Crippen molar-refractivity contribution in [1.82, 2.24) is 14.5 Å². The molecule has 5 aliphatic rings. The standard InChI is InChI=1S/C46H59ClF4N4O7Si/c1-43(2,3)61-41(57)52-23-18-26(34(28(47)19-23)46(49,50)51)37-35(48)38-33(36(53-37)22-12-13-22)32(29(55(38)24-14-15-24)21-59-63(10,11)45(7,8)9)30-27-20-54(42(58)62-44(4,5)6)39(31(27)30)40(56)60-25-16-17-25/h18-19,22,24-25,27,30-31,39H,12-17,20-21H2,1-11H3,(H,52,57)/t27-,30-,31-,39+/m1/s1. The number of hydrogen-bond donors (Lipinski definition) is 1. The third-order valence-electron chi connectivity index (χ3n) is 13.1. The topological polar surface area (TPSA) is 121 Å². The number of nitrogens with zero attached hydrogens (tertiary/aromatic N) is 3. The molecular formula is C46H59ClF4N4O7Si. The Morgan fingerprint density at radius 2 is 1.56 bits per heavy atom. The number of nitrogens with one attached hydrogen (secondary N) is 1. The lowest BCUT2D eigenvalue weighted by Crippen LogP contribution is -2.47. The van der Waals surface area contributed by atoms with Gasteiger partial charge in [-0.15, -0.1) is 0 Å². The fraction of sp³-hybridized carbons (Fsp3) is 0.652. The van der Waals surface area contributed by atoms with Crippen molar-refractivity contribution in [1.29, 1.82) is 0 Å². The van der Waals surface area contributed by atoms with E-state index in [9.17, 15) is 14.4 Å². The molecule has 0 spiro atoms. The second-order valence-electron chi connectivity index (χ2n) is 21.7. The second kappa shape index (κ2) is 15.4. The maximum atomic E-state index is 18.1. The van der Waals surface area contributed by atoms with Gasteiger partial charge in [0.1, 0.15) is 29.0 Å². The molecule has 1 N–H and O–H groups in total. The number of halogens is 5. The van der Waals surface area contributed by atoms with E-state index >= 15 is 17.6 Å². The first kappa shape index (κ1) is 45.7. The smallest absolute Gasteiger partial charge is 0.418 e. The normalized spacial score (nSPS) is 22.9. The van der Waals surface area contributed by atoms with Crippen LogP contribution in [0.25, 0.3) is 22.2 Å². The van der Waals surface area contributed by atoms with Crippen molar-refractivity contribution in [2.45, 2.75) is 173 Å². The van der Waals surface area contributed by atoms with Gasteiger partial charge in [0.2, 0.25) is 0 Å². The van der Waals surface area contributed by atoms with Gasteiger partial charge in [0.05, 0.1) is 28.4 Å². The van der Waals surface area contributed by atoms with Gasteiger partial charge in [0.25, 0.3) is 0 Å². The number of amides is 2. The minimum atomic E-state index is -5.03. The number of ether oxygens (including phenoxy) is 3. The zero-order valence-electron chi connectivity index (χ0n) is 37.9. The van der Waals surface area contributed by atoms with Gasteiger partial charge in [-0.25, -0.2) is 23.8 Å². The summed E-state index contributed by atoms with van der Waals surface area (Å²) in [6, 6.07) is 0.886. The van der Waals surface area contributed by atoms with Crippen LogP contribution >= 0.6 is 11.6 Å². The van der Waals surface area contributed by atoms with Gasteiger partial charge >= 0.3 is 24.3 Å². The van der Waals surface area contributed by atoms with Crippen molar-refractivity contribution < 1.29 is 50.6 Å². The Morgan fingerprint density at radius 3 is 2.10 bits per heavy atom. The highest BCUT2D eigenvalue weighted by molar-refractivity contribution is 6.74. The van der Waals surface area contributed by atoms with Crippen LogP contribution < -0.4 is 5.32 Å². The number of aromatic nitrogens is 2. The number of fused-ring (bicyclic) bond motifs is 2. The van der Waals surface area contributed by atoms with Crippen LogP contribution in [0.3, 0.4) is 0 Å². The van der Waals surface area contributed by atoms with Gasteiger partial charge in [-0.05, 0) is 128 Å². The summed E-state index contributed by atoms with van der Waals surface area (Å²) in [5, 5.41) is 2.07. The quantitative estimate of drug-likeness (QED) is 0.0924. The molecule has 3 heterocycles. The van der Waals surface area contributed by atoms with E-state index in [1.807, 2.05) is 4.57 Å². The van der Waals surface area contributed by atoms with Crippen LogP contribution in [0.4, 0.5) is 32.8 Å². The highest BCUT2D eigenvalue weighted by Gasteiger charge is 2.67. The van der Waals surface area contributed by atoms with Crippen molar-refractivity contribution in [2.24, 2.45) is 11.8 Å². The van der Waals surface area contributed by atoms with Gasteiger partial charge in [0, 0.05) is 46.8 Å². The molecule has 3 aromatic rings. The summed E-state index contributed by atoms with van der Waals surface area (Å²) < 4.78 is 89.3. The largest absolute Gasteiger partial charge is 0.461 e. The zero-order chi connectivity index (χ0) is 46.1. The van der Waals surface area contributed by atoms with Crippen LogP contribution in [0, 0.1) is 17.7 Å². The van der Waals surface area contributed by atoms with E-state index in [-0.39, 0.29) is 59.3 Å². The van der Waals surface area contributed by atoms with Crippen molar-refractivity contribution in [3.8, 4) is 11.3 Å². The van der Waals surface area contributed by atoms with E-state index in [4.69, 9.17) is 35.2 Å². The molecular weight excluding hydrogens is 860 g/mol. The molecule has 8 rings (SSSR count). The number of piperidine rings is 1. The van der Waals surface area contributed by atoms with Crippen LogP contribution in [-0.4, -0.2) is 70.8 Å². The van der Waals surface area contributed by atoms with Crippen molar-refractivity contribution in [3.63, 3.8) is 0 Å². The summed E-state index contributed by atoms with van der Waals surface area (Å²) in [5.74, 6) is -2.60. The Kier molecular flexibility index (Phi) is 11.1. The molecule has 4 saturated carbocycles. The van der Waals surface area contributed by atoms with Gasteiger partial charge in [-0.2, -0.15) is 13.2 Å². The van der Waals surface area contributed by atoms with Crippen molar-refractivity contribution in [3.05, 3.63) is 45.5 Å². The number of likely N-dealkylation sites (tertiary alicyclic amines) is 1. The van der Waals surface area contributed by atoms with E-state index in [0.717, 1.165) is 30.5 Å². The number of rotatable bonds is 10. The van der Waals surface area contributed by atoms with Crippen molar-refractivity contribution in [2.75, 3.05) is 11.9 Å². The van der Waals surface area contributed by atoms with Crippen LogP contribution in [0.5, 0.6) is 0 Å². The molecule has 1 saturated heterocycles. The molecule has 0 unspecified atom stereocenters. The van der Waals surface area contributed by atoms with E-state index in [1.165, 1.54) is 4.90 Å². The Bertz CT molecular complexity index is 2370. The molecule has 4 aliphatic carbocycles. The summed E-state index contributed by atoms with van der Waals surface area (Å²) in [6.45, 7) is 21.2. The Balaban J connectivity index is 1.34. The molecule has 0 radical (unpaired) electrons. The molecule has 2 amide bonds. The van der Waals surface area contributed by atoms with E-state index in [1.54, 1.807) is 41.5 Å². The third-order valence-corrected chi connectivity index (χ3v) is 17.9. The molecule has 5 fully saturated rings. The predicted octanol–water partition coefficient (Wildman–Crippen LogP) is 12.3. The summed E-state index contributed by atoms with van der Waals surface area (Å²) >= 11 is 6.41. The Morgan fingerprint density at radius 1 is 0.921 bits per heavy atom. The molecule has 2 aromatic heterocycles. The van der Waals surface area contributed by atoms with Crippen molar-refractivity contribution >= 4 is 54.7 Å². The minimum absolute atomic E-state index is 0.105. The molecule has 344 valence electrons. The number of benzene rings is 1. The Hall–Kier alpha value is -3.89. The van der Waals surface area contributed by atoms with Crippen LogP contribution in [-0.2, 0) is 36.2 Å². The molecule has 1 aliphatic heterocycles. The number of esters is 1. The summed E-state index contributed by atoms with van der Waals surface area (Å²) in [6.07, 6.45) is -2.52. The predicted molar refractivity (Wildman–Crippen MR) is 233 cm³/mol. The minimum Gasteiger partial charge on any atom is -0.461 e. The number of alkyl halides is 3. The van der Waals surface area contributed by atoms with Gasteiger partial charge in [0.15, 0.2) is 14.1 Å². The Labute approximate surface area is 372 Å². The lowest BCUT2D eigenvalue weighted by atomic mass is 9.95. The summed E-state index contributed by atoms with van der Waals surface area (Å²) in [7, 11) is -2.45. The van der Waals surface area contributed by atoms with Crippen LogP contribution in [0.1, 0.15) is 141 Å². The highest BCUT2D eigenvalue weighted by Crippen LogP contribution is 2.65. The molecule has 4 atom stereocenters. The maximum absolute atomic E-state index is 18.1. The zero-order valence-corrected chi connectivity index (χ0v) is 39.7. The fourth-order valence-corrected chi connectivity index (χ4v) is 10.1. The first-order chi connectivity index (χ1) is 29.1. The van der Waals surface area contributed by atoms with E-state index in [0.29, 0.717) is 42.5 Å². The number of anilines is 1. The monoisotopic (exact) mass is 918 g/mol. The average Bonchev–Trinajstić information content (AvgIpc) is 3.92. The lowest BCUT2D eigenvalue weighted by molar-refractivity contribution is -0.151. The first-order valence-electron chi connectivity index (χ1n) is 22.1. The number of carbonyl (C=O) groups excluding carboxylic acids is 3.